The molecule has 0 radical (unpaired) electrons. The Bertz CT molecular complexity index is 866. The molecule has 1 aliphatic rings. The van der Waals surface area contributed by atoms with E-state index in [9.17, 15) is 0 Å². The largest absolute Gasteiger partial charge is 0.497 e. The highest BCUT2D eigenvalue weighted by atomic mass is 16.5. The molecule has 2 aromatic heterocycles. The van der Waals surface area contributed by atoms with Crippen molar-refractivity contribution >= 4 is 22.5 Å². The summed E-state index contributed by atoms with van der Waals surface area (Å²) in [6.45, 7) is 5.58. The molecule has 2 N–H and O–H groups in total. The lowest BCUT2D eigenvalue weighted by molar-refractivity contribution is 0.186. The van der Waals surface area contributed by atoms with Crippen molar-refractivity contribution in [2.75, 3.05) is 25.5 Å². The minimum atomic E-state index is 0.835. The van der Waals surface area contributed by atoms with Crippen LogP contribution in [0.25, 0.3) is 11.0 Å². The number of benzene rings is 1. The molecule has 1 saturated heterocycles. The lowest BCUT2D eigenvalue weighted by atomic mass is 9.99. The van der Waals surface area contributed by atoms with Gasteiger partial charge in [0.25, 0.3) is 0 Å². The van der Waals surface area contributed by atoms with Crippen molar-refractivity contribution in [1.29, 1.82) is 0 Å². The van der Waals surface area contributed by atoms with Crippen LogP contribution < -0.4 is 10.1 Å². The molecule has 0 spiro atoms. The standard InChI is InChI=1S/C20H25N5O/c1-14-7-9-25(10-8-14)12-15-11-21-19-18(15)20(23-13-22-19)24-16-3-5-17(26-2)6-4-16/h3-6,11,13-14H,7-10,12H2,1-2H3,(H2,21,22,23,24). The van der Waals surface area contributed by atoms with Gasteiger partial charge in [0, 0.05) is 18.4 Å². The molecule has 136 valence electrons. The van der Waals surface area contributed by atoms with Crippen molar-refractivity contribution in [1.82, 2.24) is 19.9 Å². The van der Waals surface area contributed by atoms with Crippen molar-refractivity contribution in [2.45, 2.75) is 26.3 Å². The molecule has 0 amide bonds. The smallest absolute Gasteiger partial charge is 0.143 e. The average molecular weight is 351 g/mol. The number of fused-ring (bicyclic) bond motifs is 1. The zero-order valence-electron chi connectivity index (χ0n) is 15.3. The normalized spacial score (nSPS) is 16.1. The van der Waals surface area contributed by atoms with Gasteiger partial charge in [0.1, 0.15) is 23.5 Å². The minimum Gasteiger partial charge on any atom is -0.497 e. The fraction of sp³-hybridized carbons (Fsp3) is 0.400. The quantitative estimate of drug-likeness (QED) is 0.729. The van der Waals surface area contributed by atoms with Gasteiger partial charge in [-0.1, -0.05) is 6.92 Å². The molecule has 4 rings (SSSR count). The second-order valence-electron chi connectivity index (χ2n) is 7.07. The topological polar surface area (TPSA) is 66.1 Å². The lowest BCUT2D eigenvalue weighted by Crippen LogP contribution is -2.32. The number of aromatic amines is 1. The summed E-state index contributed by atoms with van der Waals surface area (Å²) >= 11 is 0. The van der Waals surface area contributed by atoms with Crippen LogP contribution in [-0.2, 0) is 6.54 Å². The molecule has 0 aliphatic carbocycles. The molecular formula is C20H25N5O. The summed E-state index contributed by atoms with van der Waals surface area (Å²) in [6, 6.07) is 7.86. The van der Waals surface area contributed by atoms with E-state index >= 15 is 0 Å². The Labute approximate surface area is 153 Å². The van der Waals surface area contributed by atoms with Crippen LogP contribution in [0.4, 0.5) is 11.5 Å². The second-order valence-corrected chi connectivity index (χ2v) is 7.07. The van der Waals surface area contributed by atoms with Crippen molar-refractivity contribution < 1.29 is 4.74 Å². The fourth-order valence-corrected chi connectivity index (χ4v) is 3.52. The van der Waals surface area contributed by atoms with Crippen molar-refractivity contribution in [2.24, 2.45) is 5.92 Å². The number of hydrogen-bond acceptors (Lipinski definition) is 5. The van der Waals surface area contributed by atoms with E-state index in [2.05, 4.69) is 38.3 Å². The zero-order valence-corrected chi connectivity index (χ0v) is 15.3. The van der Waals surface area contributed by atoms with Crippen LogP contribution in [-0.4, -0.2) is 40.1 Å². The third kappa shape index (κ3) is 3.51. The molecule has 0 bridgehead atoms. The van der Waals surface area contributed by atoms with E-state index in [1.807, 2.05) is 24.3 Å². The number of ether oxygens (including phenoxy) is 1. The first-order chi connectivity index (χ1) is 12.7. The van der Waals surface area contributed by atoms with E-state index in [0.29, 0.717) is 0 Å². The number of aromatic nitrogens is 3. The number of nitrogens with zero attached hydrogens (tertiary/aromatic N) is 3. The van der Waals surface area contributed by atoms with Gasteiger partial charge >= 0.3 is 0 Å². The van der Waals surface area contributed by atoms with Gasteiger partial charge in [0.2, 0.25) is 0 Å². The van der Waals surface area contributed by atoms with Crippen LogP contribution in [0.2, 0.25) is 0 Å². The molecule has 6 nitrogen and oxygen atoms in total. The van der Waals surface area contributed by atoms with Crippen LogP contribution in [0.3, 0.4) is 0 Å². The van der Waals surface area contributed by atoms with Crippen LogP contribution in [0.15, 0.2) is 36.8 Å². The Morgan fingerprint density at radius 1 is 1.19 bits per heavy atom. The van der Waals surface area contributed by atoms with E-state index in [-0.39, 0.29) is 0 Å². The molecule has 26 heavy (non-hydrogen) atoms. The maximum Gasteiger partial charge on any atom is 0.143 e. The molecule has 0 saturated carbocycles. The molecule has 1 aliphatic heterocycles. The van der Waals surface area contributed by atoms with E-state index in [4.69, 9.17) is 4.74 Å². The van der Waals surface area contributed by atoms with Crippen LogP contribution in [0.1, 0.15) is 25.3 Å². The summed E-state index contributed by atoms with van der Waals surface area (Å²) in [7, 11) is 1.67. The van der Waals surface area contributed by atoms with Gasteiger partial charge in [-0.3, -0.25) is 4.90 Å². The molecular weight excluding hydrogens is 326 g/mol. The fourth-order valence-electron chi connectivity index (χ4n) is 3.52. The number of anilines is 2. The Balaban J connectivity index is 1.59. The number of H-pyrrole nitrogens is 1. The maximum atomic E-state index is 5.22. The molecule has 1 fully saturated rings. The number of piperidine rings is 1. The summed E-state index contributed by atoms with van der Waals surface area (Å²) in [5.74, 6) is 2.51. The highest BCUT2D eigenvalue weighted by Gasteiger charge is 2.18. The molecule has 1 aromatic carbocycles. The second kappa shape index (κ2) is 7.33. The summed E-state index contributed by atoms with van der Waals surface area (Å²) in [5.41, 5.74) is 3.09. The first kappa shape index (κ1) is 16.8. The highest BCUT2D eigenvalue weighted by molar-refractivity contribution is 5.92. The first-order valence-corrected chi connectivity index (χ1v) is 9.17. The van der Waals surface area contributed by atoms with Crippen LogP contribution in [0, 0.1) is 5.92 Å². The monoisotopic (exact) mass is 351 g/mol. The summed E-state index contributed by atoms with van der Waals surface area (Å²) in [4.78, 5) is 14.7. The third-order valence-electron chi connectivity index (χ3n) is 5.17. The number of rotatable bonds is 5. The van der Waals surface area contributed by atoms with Crippen molar-refractivity contribution in [3.05, 3.63) is 42.4 Å². The Hall–Kier alpha value is -2.60. The van der Waals surface area contributed by atoms with E-state index in [1.165, 1.54) is 18.4 Å². The molecule has 3 aromatic rings. The Kier molecular flexibility index (Phi) is 4.75. The Morgan fingerprint density at radius 2 is 1.96 bits per heavy atom. The van der Waals surface area contributed by atoms with Gasteiger partial charge in [-0.15, -0.1) is 0 Å². The third-order valence-corrected chi connectivity index (χ3v) is 5.17. The van der Waals surface area contributed by atoms with Gasteiger partial charge in [-0.2, -0.15) is 0 Å². The van der Waals surface area contributed by atoms with E-state index < -0.39 is 0 Å². The zero-order chi connectivity index (χ0) is 17.9. The van der Waals surface area contributed by atoms with Gasteiger partial charge < -0.3 is 15.0 Å². The van der Waals surface area contributed by atoms with E-state index in [0.717, 1.165) is 53.8 Å². The summed E-state index contributed by atoms with van der Waals surface area (Å²) in [5, 5.41) is 4.50. The lowest BCUT2D eigenvalue weighted by Gasteiger charge is -2.30. The van der Waals surface area contributed by atoms with E-state index in [1.54, 1.807) is 13.4 Å². The SMILES string of the molecule is COc1ccc(Nc2ncnc3[nH]cc(CN4CCC(C)CC4)c23)cc1. The van der Waals surface area contributed by atoms with Gasteiger partial charge in [0.05, 0.1) is 12.5 Å². The first-order valence-electron chi connectivity index (χ1n) is 9.17. The number of likely N-dealkylation sites (tertiary alicyclic amines) is 1. The van der Waals surface area contributed by atoms with Gasteiger partial charge in [0.15, 0.2) is 0 Å². The number of nitrogens with one attached hydrogen (secondary N) is 2. The summed E-state index contributed by atoms with van der Waals surface area (Å²) < 4.78 is 5.22. The predicted octanol–water partition coefficient (Wildman–Crippen LogP) is 3.94. The minimum absolute atomic E-state index is 0.835. The maximum absolute atomic E-state index is 5.22. The summed E-state index contributed by atoms with van der Waals surface area (Å²) in [6.07, 6.45) is 6.21. The predicted molar refractivity (Wildman–Crippen MR) is 104 cm³/mol. The van der Waals surface area contributed by atoms with Crippen LogP contribution in [0.5, 0.6) is 5.75 Å². The molecule has 0 unspecified atom stereocenters. The van der Waals surface area contributed by atoms with Crippen molar-refractivity contribution in [3.63, 3.8) is 0 Å². The Morgan fingerprint density at radius 3 is 2.69 bits per heavy atom. The number of methoxy groups -OCH3 is 1. The molecule has 6 heteroatoms. The average Bonchev–Trinajstić information content (AvgIpc) is 3.08. The molecule has 3 heterocycles. The van der Waals surface area contributed by atoms with Gasteiger partial charge in [-0.05, 0) is 61.7 Å². The van der Waals surface area contributed by atoms with Crippen LogP contribution >= 0.6 is 0 Å². The highest BCUT2D eigenvalue weighted by Crippen LogP contribution is 2.28. The van der Waals surface area contributed by atoms with Gasteiger partial charge in [-0.25, -0.2) is 9.97 Å². The number of hydrogen-bond donors (Lipinski definition) is 2. The van der Waals surface area contributed by atoms with Crippen molar-refractivity contribution in [3.8, 4) is 5.75 Å². The molecule has 0 atom stereocenters.